The summed E-state index contributed by atoms with van der Waals surface area (Å²) in [5.41, 5.74) is 9.49. The van der Waals surface area contributed by atoms with Gasteiger partial charge in [-0.2, -0.15) is 9.83 Å². The summed E-state index contributed by atoms with van der Waals surface area (Å²) >= 11 is 0. The Hall–Kier alpha value is -3.64. The van der Waals surface area contributed by atoms with Gasteiger partial charge in [-0.1, -0.05) is 36.4 Å². The molecule has 0 aliphatic carbocycles. The maximum Gasteiger partial charge on any atom is 0.224 e. The average Bonchev–Trinajstić information content (AvgIpc) is 3.06. The molecule has 0 aliphatic rings. The Labute approximate surface area is 168 Å². The third kappa shape index (κ3) is 1.80. The number of para-hydroxylation sites is 1. The van der Waals surface area contributed by atoms with E-state index in [1.165, 1.54) is 60.3 Å². The van der Waals surface area contributed by atoms with Crippen molar-refractivity contribution in [1.29, 1.82) is 5.26 Å². The van der Waals surface area contributed by atoms with E-state index < -0.39 is 0 Å². The van der Waals surface area contributed by atoms with Crippen LogP contribution in [-0.4, -0.2) is 4.40 Å². The Morgan fingerprint density at radius 2 is 1.62 bits per heavy atom. The molecule has 0 amide bonds. The van der Waals surface area contributed by atoms with Crippen molar-refractivity contribution in [3.05, 3.63) is 70.9 Å². The van der Waals surface area contributed by atoms with Crippen molar-refractivity contribution < 1.29 is 4.57 Å². The van der Waals surface area contributed by atoms with Gasteiger partial charge in [0, 0.05) is 16.2 Å². The van der Waals surface area contributed by atoms with E-state index in [-0.39, 0.29) is 0 Å². The highest BCUT2D eigenvalue weighted by Gasteiger charge is 2.26. The van der Waals surface area contributed by atoms with Gasteiger partial charge in [0.05, 0.1) is 27.3 Å². The molecule has 3 aromatic heterocycles. The van der Waals surface area contributed by atoms with Crippen LogP contribution in [0.25, 0.3) is 49.0 Å². The van der Waals surface area contributed by atoms with E-state index in [1.807, 2.05) is 6.20 Å². The number of hydrogen-bond acceptors (Lipinski definition) is 1. The molecule has 0 saturated carbocycles. The maximum atomic E-state index is 9.82. The van der Waals surface area contributed by atoms with Crippen molar-refractivity contribution in [3.8, 4) is 6.07 Å². The van der Waals surface area contributed by atoms with Crippen LogP contribution in [0.4, 0.5) is 0 Å². The van der Waals surface area contributed by atoms with E-state index in [0.717, 1.165) is 10.9 Å². The minimum Gasteiger partial charge on any atom is -0.307 e. The number of hydrogen-bond donors (Lipinski definition) is 0. The Bertz CT molecular complexity index is 1690. The lowest BCUT2D eigenvalue weighted by atomic mass is 9.94. The summed E-state index contributed by atoms with van der Waals surface area (Å²) in [7, 11) is 2.06. The number of nitrogens with zero attached hydrogens (tertiary/aromatic N) is 3. The van der Waals surface area contributed by atoms with Crippen LogP contribution in [0.5, 0.6) is 0 Å². The molecule has 3 heteroatoms. The van der Waals surface area contributed by atoms with Crippen molar-refractivity contribution in [2.75, 3.05) is 0 Å². The lowest BCUT2D eigenvalue weighted by Gasteiger charge is -2.16. The van der Waals surface area contributed by atoms with E-state index in [0.29, 0.717) is 0 Å². The molecule has 6 aromatic rings. The molecule has 0 aliphatic heterocycles. The van der Waals surface area contributed by atoms with E-state index in [1.54, 1.807) is 0 Å². The predicted molar refractivity (Wildman–Crippen MR) is 119 cm³/mol. The highest BCUT2D eigenvalue weighted by Crippen LogP contribution is 2.42. The van der Waals surface area contributed by atoms with Crippen LogP contribution in [0.2, 0.25) is 0 Å². The van der Waals surface area contributed by atoms with Crippen molar-refractivity contribution in [3.63, 3.8) is 0 Å². The first kappa shape index (κ1) is 16.3. The Balaban J connectivity index is 2.17. The minimum atomic E-state index is 0.718. The molecule has 0 N–H and O–H groups in total. The van der Waals surface area contributed by atoms with Crippen LogP contribution in [0.15, 0.2) is 48.7 Å². The summed E-state index contributed by atoms with van der Waals surface area (Å²) in [6.45, 7) is 6.61. The molecule has 138 valence electrons. The van der Waals surface area contributed by atoms with Gasteiger partial charge in [-0.3, -0.25) is 0 Å². The molecule has 0 saturated heterocycles. The first-order valence-electron chi connectivity index (χ1n) is 9.93. The number of rotatable bonds is 0. The fourth-order valence-electron chi connectivity index (χ4n) is 5.30. The zero-order chi connectivity index (χ0) is 20.0. The number of aromatic nitrogens is 2. The summed E-state index contributed by atoms with van der Waals surface area (Å²) in [4.78, 5) is 0. The van der Waals surface area contributed by atoms with Crippen LogP contribution in [0.3, 0.4) is 0 Å². The molecular formula is C26H20N3+. The number of benzene rings is 3. The Morgan fingerprint density at radius 3 is 2.41 bits per heavy atom. The Kier molecular flexibility index (Phi) is 2.95. The summed E-state index contributed by atoms with van der Waals surface area (Å²) < 4.78 is 4.57. The van der Waals surface area contributed by atoms with Gasteiger partial charge in [0.25, 0.3) is 0 Å². The lowest BCUT2D eigenvalue weighted by Crippen LogP contribution is -2.30. The van der Waals surface area contributed by atoms with E-state index in [2.05, 4.69) is 85.3 Å². The third-order valence-electron chi connectivity index (χ3n) is 6.63. The van der Waals surface area contributed by atoms with Gasteiger partial charge in [0.2, 0.25) is 5.52 Å². The minimum absolute atomic E-state index is 0.718. The number of aryl methyl sites for hydroxylation is 4. The lowest BCUT2D eigenvalue weighted by molar-refractivity contribution is -0.644. The van der Waals surface area contributed by atoms with Gasteiger partial charge in [-0.25, -0.2) is 0 Å². The molecule has 0 spiro atoms. The van der Waals surface area contributed by atoms with Gasteiger partial charge < -0.3 is 4.40 Å². The van der Waals surface area contributed by atoms with E-state index in [4.69, 9.17) is 0 Å². The smallest absolute Gasteiger partial charge is 0.224 e. The number of pyridine rings is 2. The molecule has 0 atom stereocenters. The van der Waals surface area contributed by atoms with Crippen molar-refractivity contribution in [2.24, 2.45) is 7.05 Å². The summed E-state index contributed by atoms with van der Waals surface area (Å²) in [6.07, 6.45) is 1.97. The molecular weight excluding hydrogens is 354 g/mol. The highest BCUT2D eigenvalue weighted by molar-refractivity contribution is 6.28. The van der Waals surface area contributed by atoms with Crippen molar-refractivity contribution >= 4 is 49.0 Å². The van der Waals surface area contributed by atoms with Gasteiger partial charge in [-0.05, 0) is 43.5 Å². The molecule has 6 rings (SSSR count). The highest BCUT2D eigenvalue weighted by atomic mass is 15.0. The maximum absolute atomic E-state index is 9.82. The van der Waals surface area contributed by atoms with Crippen molar-refractivity contribution in [1.82, 2.24) is 4.40 Å². The number of nitriles is 1. The fraction of sp³-hybridized carbons (Fsp3) is 0.154. The molecule has 3 heterocycles. The molecule has 0 radical (unpaired) electrons. The molecule has 3 aromatic carbocycles. The fourth-order valence-corrected chi connectivity index (χ4v) is 5.30. The number of fused-ring (bicyclic) bond motifs is 6. The predicted octanol–water partition coefficient (Wildman–Crippen LogP) is 5.61. The van der Waals surface area contributed by atoms with Crippen LogP contribution in [0, 0.1) is 32.1 Å². The molecule has 0 fully saturated rings. The average molecular weight is 374 g/mol. The third-order valence-corrected chi connectivity index (χ3v) is 6.63. The van der Waals surface area contributed by atoms with E-state index in [9.17, 15) is 5.26 Å². The second-order valence-electron chi connectivity index (χ2n) is 8.21. The van der Waals surface area contributed by atoms with Crippen LogP contribution < -0.4 is 4.57 Å². The standard InChI is InChI=1S/C26H20N3/c1-14-11-15(2)24-22(16(14)3)26-23-18(17(12-27)13-28(26)4)9-10-20-19-7-5-6-8-21(19)29(24)25(20)23/h5-11,13H,1-4H3/q+1. The molecule has 29 heavy (non-hydrogen) atoms. The van der Waals surface area contributed by atoms with Crippen LogP contribution in [-0.2, 0) is 7.05 Å². The monoisotopic (exact) mass is 374 g/mol. The second kappa shape index (κ2) is 5.24. The van der Waals surface area contributed by atoms with Gasteiger partial charge >= 0.3 is 0 Å². The second-order valence-corrected chi connectivity index (χ2v) is 8.21. The van der Waals surface area contributed by atoms with Gasteiger partial charge in [0.1, 0.15) is 18.7 Å². The zero-order valence-electron chi connectivity index (χ0n) is 17.0. The van der Waals surface area contributed by atoms with Crippen LogP contribution in [0.1, 0.15) is 22.3 Å². The SMILES string of the molecule is Cc1cc(C)c2c(c1C)c1c3c(ccc4c5ccccc5n2c43)c(C#N)c[n+]1C. The summed E-state index contributed by atoms with van der Waals surface area (Å²) in [5.74, 6) is 0. The first-order valence-corrected chi connectivity index (χ1v) is 9.93. The van der Waals surface area contributed by atoms with Gasteiger partial charge in [-0.15, -0.1) is 0 Å². The van der Waals surface area contributed by atoms with E-state index >= 15 is 0 Å². The normalized spacial score (nSPS) is 12.1. The first-order chi connectivity index (χ1) is 14.0. The topological polar surface area (TPSA) is 32.1 Å². The summed E-state index contributed by atoms with van der Waals surface area (Å²) in [6, 6.07) is 17.6. The molecule has 3 nitrogen and oxygen atoms in total. The van der Waals surface area contributed by atoms with Crippen LogP contribution >= 0.6 is 0 Å². The Morgan fingerprint density at radius 1 is 0.862 bits per heavy atom. The van der Waals surface area contributed by atoms with Crippen molar-refractivity contribution in [2.45, 2.75) is 20.8 Å². The summed E-state index contributed by atoms with van der Waals surface area (Å²) in [5, 5.41) is 15.8. The van der Waals surface area contributed by atoms with Gasteiger partial charge in [0.15, 0.2) is 6.20 Å². The molecule has 0 bridgehead atoms. The quantitative estimate of drug-likeness (QED) is 0.193. The zero-order valence-corrected chi connectivity index (χ0v) is 17.0. The largest absolute Gasteiger partial charge is 0.307 e. The molecule has 0 unspecified atom stereocenters.